The van der Waals surface area contributed by atoms with Crippen LogP contribution in [0.25, 0.3) is 17.1 Å². The molecule has 5 heteroatoms. The van der Waals surface area contributed by atoms with Crippen molar-refractivity contribution in [3.63, 3.8) is 0 Å². The molecule has 2 aromatic heterocycles. The van der Waals surface area contributed by atoms with E-state index >= 15 is 0 Å². The molecule has 0 spiro atoms. The first kappa shape index (κ1) is 21.3. The second-order valence-electron chi connectivity index (χ2n) is 8.63. The molecule has 0 N–H and O–H groups in total. The normalized spacial score (nSPS) is 11.6. The fraction of sp³-hybridized carbons (Fsp3) is 0.269. The molecule has 2 aromatic carbocycles. The highest BCUT2D eigenvalue weighted by atomic mass is 32.2. The van der Waals surface area contributed by atoms with Crippen LogP contribution in [0.4, 0.5) is 0 Å². The van der Waals surface area contributed by atoms with Crippen LogP contribution in [0.5, 0.6) is 0 Å². The molecule has 0 saturated heterocycles. The first-order valence-electron chi connectivity index (χ1n) is 10.6. The highest BCUT2D eigenvalue weighted by molar-refractivity contribution is 7.98. The van der Waals surface area contributed by atoms with Crippen LogP contribution in [0.2, 0.25) is 0 Å². The van der Waals surface area contributed by atoms with Crippen molar-refractivity contribution in [3.05, 3.63) is 89.7 Å². The Morgan fingerprint density at radius 2 is 1.45 bits per heavy atom. The van der Waals surface area contributed by atoms with E-state index < -0.39 is 0 Å². The minimum absolute atomic E-state index is 0.163. The molecule has 0 bridgehead atoms. The van der Waals surface area contributed by atoms with Gasteiger partial charge in [0.25, 0.3) is 0 Å². The zero-order valence-electron chi connectivity index (χ0n) is 18.5. The van der Waals surface area contributed by atoms with Crippen molar-refractivity contribution >= 4 is 11.8 Å². The van der Waals surface area contributed by atoms with Gasteiger partial charge in [0.05, 0.1) is 0 Å². The van der Waals surface area contributed by atoms with Gasteiger partial charge >= 0.3 is 0 Å². The summed E-state index contributed by atoms with van der Waals surface area (Å²) >= 11 is 1.71. The molecule has 2 heterocycles. The second-order valence-corrected chi connectivity index (χ2v) is 9.58. The number of pyridine rings is 1. The number of aryl methyl sites for hydroxylation is 1. The van der Waals surface area contributed by atoms with Crippen LogP contribution >= 0.6 is 11.8 Å². The minimum Gasteiger partial charge on any atom is -0.270 e. The van der Waals surface area contributed by atoms with Gasteiger partial charge in [0.2, 0.25) is 0 Å². The number of hydrogen-bond acceptors (Lipinski definition) is 4. The number of thioether (sulfide) groups is 1. The van der Waals surface area contributed by atoms with E-state index in [0.29, 0.717) is 0 Å². The molecule has 31 heavy (non-hydrogen) atoms. The Balaban J connectivity index is 1.65. The van der Waals surface area contributed by atoms with Gasteiger partial charge in [-0.25, -0.2) is 0 Å². The molecule has 4 rings (SSSR count). The maximum Gasteiger partial charge on any atom is 0.196 e. The van der Waals surface area contributed by atoms with Gasteiger partial charge in [-0.2, -0.15) is 0 Å². The summed E-state index contributed by atoms with van der Waals surface area (Å²) in [6, 6.07) is 21.5. The summed E-state index contributed by atoms with van der Waals surface area (Å²) in [5.41, 5.74) is 6.17. The quantitative estimate of drug-likeness (QED) is 0.330. The van der Waals surface area contributed by atoms with Gasteiger partial charge in [0, 0.05) is 29.4 Å². The lowest BCUT2D eigenvalue weighted by Gasteiger charge is -2.19. The van der Waals surface area contributed by atoms with Crippen LogP contribution in [0, 0.1) is 0 Å². The SMILES string of the molecule is CCc1ccc(-n2c(SCc3ccc(C(C)(C)C)cc3)nnc2-c2ccncc2)cc1. The van der Waals surface area contributed by atoms with Gasteiger partial charge < -0.3 is 0 Å². The molecule has 158 valence electrons. The van der Waals surface area contributed by atoms with E-state index in [9.17, 15) is 0 Å². The Labute approximate surface area is 188 Å². The van der Waals surface area contributed by atoms with Crippen LogP contribution in [-0.2, 0) is 17.6 Å². The van der Waals surface area contributed by atoms with Crippen molar-refractivity contribution < 1.29 is 0 Å². The summed E-state index contributed by atoms with van der Waals surface area (Å²) in [6.07, 6.45) is 4.60. The topological polar surface area (TPSA) is 43.6 Å². The van der Waals surface area contributed by atoms with Gasteiger partial charge in [0.15, 0.2) is 11.0 Å². The predicted octanol–water partition coefficient (Wildman–Crippen LogP) is 6.48. The van der Waals surface area contributed by atoms with Crippen molar-refractivity contribution in [1.29, 1.82) is 0 Å². The number of aromatic nitrogens is 4. The first-order valence-corrected chi connectivity index (χ1v) is 11.6. The lowest BCUT2D eigenvalue weighted by Crippen LogP contribution is -2.10. The molecular weight excluding hydrogens is 400 g/mol. The maximum absolute atomic E-state index is 4.54. The van der Waals surface area contributed by atoms with Gasteiger partial charge in [-0.05, 0) is 52.8 Å². The highest BCUT2D eigenvalue weighted by Gasteiger charge is 2.17. The summed E-state index contributed by atoms with van der Waals surface area (Å²) in [7, 11) is 0. The number of rotatable bonds is 6. The van der Waals surface area contributed by atoms with Gasteiger partial charge in [0.1, 0.15) is 0 Å². The van der Waals surface area contributed by atoms with Crippen molar-refractivity contribution in [2.75, 3.05) is 0 Å². The molecule has 0 radical (unpaired) electrons. The van der Waals surface area contributed by atoms with Crippen LogP contribution < -0.4 is 0 Å². The van der Waals surface area contributed by atoms with Crippen LogP contribution in [0.1, 0.15) is 44.4 Å². The average molecular weight is 429 g/mol. The Hall–Kier alpha value is -2.92. The minimum atomic E-state index is 0.163. The Morgan fingerprint density at radius 3 is 2.06 bits per heavy atom. The summed E-state index contributed by atoms with van der Waals surface area (Å²) in [5, 5.41) is 9.95. The third-order valence-electron chi connectivity index (χ3n) is 5.36. The molecule has 4 nitrogen and oxygen atoms in total. The van der Waals surface area contributed by atoms with Crippen LogP contribution in [0.3, 0.4) is 0 Å². The van der Waals surface area contributed by atoms with E-state index in [-0.39, 0.29) is 5.41 Å². The zero-order chi connectivity index (χ0) is 21.8. The lowest BCUT2D eigenvalue weighted by atomic mass is 9.87. The Morgan fingerprint density at radius 1 is 0.806 bits per heavy atom. The van der Waals surface area contributed by atoms with Gasteiger partial charge in [-0.15, -0.1) is 10.2 Å². The molecule has 4 aromatic rings. The van der Waals surface area contributed by atoms with Crippen LogP contribution in [0.15, 0.2) is 78.2 Å². The van der Waals surface area contributed by atoms with E-state index in [4.69, 9.17) is 0 Å². The molecule has 0 aliphatic rings. The third-order valence-corrected chi connectivity index (χ3v) is 6.36. The van der Waals surface area contributed by atoms with E-state index in [0.717, 1.165) is 34.4 Å². The van der Waals surface area contributed by atoms with Crippen molar-refractivity contribution in [2.24, 2.45) is 0 Å². The lowest BCUT2D eigenvalue weighted by molar-refractivity contribution is 0.590. The average Bonchev–Trinajstić information content (AvgIpc) is 3.22. The third kappa shape index (κ3) is 4.88. The molecule has 0 aliphatic heterocycles. The fourth-order valence-electron chi connectivity index (χ4n) is 3.41. The van der Waals surface area contributed by atoms with Gasteiger partial charge in [-0.1, -0.05) is 75.9 Å². The first-order chi connectivity index (χ1) is 15.0. The van der Waals surface area contributed by atoms with E-state index in [1.54, 1.807) is 24.2 Å². The standard InChI is InChI=1S/C26H28N4S/c1-5-19-8-12-23(13-9-19)30-24(21-14-16-27-17-15-21)28-29-25(30)31-18-20-6-10-22(11-7-20)26(2,3)4/h6-17H,5,18H2,1-4H3. The molecule has 0 fully saturated rings. The molecule has 0 unspecified atom stereocenters. The summed E-state index contributed by atoms with van der Waals surface area (Å²) in [4.78, 5) is 4.14. The van der Waals surface area contributed by atoms with E-state index in [2.05, 4.69) is 96.0 Å². The molecular formula is C26H28N4S. The molecule has 0 amide bonds. The maximum atomic E-state index is 4.54. The summed E-state index contributed by atoms with van der Waals surface area (Å²) in [6.45, 7) is 8.89. The van der Waals surface area contributed by atoms with E-state index in [1.807, 2.05) is 12.1 Å². The van der Waals surface area contributed by atoms with Crippen molar-refractivity contribution in [3.8, 4) is 17.1 Å². The fourth-order valence-corrected chi connectivity index (χ4v) is 4.32. The van der Waals surface area contributed by atoms with E-state index in [1.165, 1.54) is 16.7 Å². The molecule has 0 atom stereocenters. The zero-order valence-corrected chi connectivity index (χ0v) is 19.4. The largest absolute Gasteiger partial charge is 0.270 e. The number of nitrogens with zero attached hydrogens (tertiary/aromatic N) is 4. The molecule has 0 aliphatic carbocycles. The summed E-state index contributed by atoms with van der Waals surface area (Å²) < 4.78 is 2.14. The monoisotopic (exact) mass is 428 g/mol. The number of benzene rings is 2. The van der Waals surface area contributed by atoms with Crippen LogP contribution in [-0.4, -0.2) is 19.7 Å². The smallest absolute Gasteiger partial charge is 0.196 e. The Kier molecular flexibility index (Phi) is 6.23. The summed E-state index contributed by atoms with van der Waals surface area (Å²) in [5.74, 6) is 1.67. The molecule has 0 saturated carbocycles. The van der Waals surface area contributed by atoms with Gasteiger partial charge in [-0.3, -0.25) is 9.55 Å². The Bertz CT molecular complexity index is 1130. The van der Waals surface area contributed by atoms with Crippen molar-refractivity contribution in [2.45, 2.75) is 50.4 Å². The highest BCUT2D eigenvalue weighted by Crippen LogP contribution is 2.30. The second kappa shape index (κ2) is 9.06. The van der Waals surface area contributed by atoms with Crippen molar-refractivity contribution in [1.82, 2.24) is 19.7 Å². The predicted molar refractivity (Wildman–Crippen MR) is 129 cm³/mol. The number of hydrogen-bond donors (Lipinski definition) is 0.